The van der Waals surface area contributed by atoms with Gasteiger partial charge in [-0.1, -0.05) is 6.92 Å². The molecule has 0 saturated heterocycles. The van der Waals surface area contributed by atoms with Crippen LogP contribution in [0, 0.1) is 6.92 Å². The molecule has 2 heterocycles. The van der Waals surface area contributed by atoms with Gasteiger partial charge in [-0.05, 0) is 32.4 Å². The van der Waals surface area contributed by atoms with Gasteiger partial charge in [0, 0.05) is 5.38 Å². The number of nitrogens with zero attached hydrogens (tertiary/aromatic N) is 1. The summed E-state index contributed by atoms with van der Waals surface area (Å²) >= 11 is 1.37. The first-order valence-electron chi connectivity index (χ1n) is 6.69. The number of thiazole rings is 1. The molecule has 0 spiro atoms. The Morgan fingerprint density at radius 1 is 1.52 bits per heavy atom. The van der Waals surface area contributed by atoms with Gasteiger partial charge in [-0.15, -0.1) is 11.3 Å². The zero-order chi connectivity index (χ0) is 15.5. The van der Waals surface area contributed by atoms with E-state index in [9.17, 15) is 9.90 Å². The number of hydrogen-bond acceptors (Lipinski definition) is 5. The lowest BCUT2D eigenvalue weighted by molar-refractivity contribution is 0.0364. The predicted octanol–water partition coefficient (Wildman–Crippen LogP) is 2.64. The number of rotatable bonds is 5. The van der Waals surface area contributed by atoms with Crippen LogP contribution in [0.1, 0.15) is 31.1 Å². The molecule has 3 N–H and O–H groups in total. The van der Waals surface area contributed by atoms with Crippen LogP contribution < -0.4 is 10.6 Å². The number of hydrogen-bond donors (Lipinski definition) is 3. The first-order chi connectivity index (χ1) is 9.90. The van der Waals surface area contributed by atoms with Gasteiger partial charge < -0.3 is 14.8 Å². The van der Waals surface area contributed by atoms with Crippen LogP contribution in [0.15, 0.2) is 21.9 Å². The second kappa shape index (κ2) is 6.28. The molecule has 0 aliphatic heterocycles. The summed E-state index contributed by atoms with van der Waals surface area (Å²) < 4.78 is 5.38. The number of carbonyl (C=O) groups excluding carboxylic acids is 1. The van der Waals surface area contributed by atoms with E-state index in [4.69, 9.17) is 4.42 Å². The molecule has 0 fully saturated rings. The Hall–Kier alpha value is -1.86. The van der Waals surface area contributed by atoms with Crippen molar-refractivity contribution in [2.75, 3.05) is 11.9 Å². The molecule has 0 aromatic carbocycles. The molecule has 0 aliphatic carbocycles. The quantitative estimate of drug-likeness (QED) is 0.792. The lowest BCUT2D eigenvalue weighted by atomic mass is 10.0. The summed E-state index contributed by atoms with van der Waals surface area (Å²) in [5.74, 6) is 1.13. The third kappa shape index (κ3) is 4.05. The summed E-state index contributed by atoms with van der Waals surface area (Å²) in [5, 5.41) is 18.0. The molecule has 2 amide bonds. The molecule has 2 rings (SSSR count). The van der Waals surface area contributed by atoms with Crippen LogP contribution >= 0.6 is 11.3 Å². The Labute approximate surface area is 127 Å². The number of nitrogens with one attached hydrogen (secondary N) is 2. The minimum Gasteiger partial charge on any atom is -0.463 e. The van der Waals surface area contributed by atoms with Gasteiger partial charge >= 0.3 is 6.03 Å². The number of amides is 2. The highest BCUT2D eigenvalue weighted by atomic mass is 32.1. The minimum absolute atomic E-state index is 0.0395. The highest BCUT2D eigenvalue weighted by Crippen LogP contribution is 2.22. The molecule has 0 radical (unpaired) electrons. The van der Waals surface area contributed by atoms with Crippen molar-refractivity contribution < 1.29 is 14.3 Å². The van der Waals surface area contributed by atoms with Crippen molar-refractivity contribution in [2.45, 2.75) is 32.8 Å². The Morgan fingerprint density at radius 3 is 2.86 bits per heavy atom. The van der Waals surface area contributed by atoms with E-state index in [1.807, 2.05) is 12.3 Å². The van der Waals surface area contributed by atoms with Gasteiger partial charge in [-0.25, -0.2) is 9.78 Å². The third-order valence-electron chi connectivity index (χ3n) is 3.00. The number of aliphatic hydroxyl groups is 1. The maximum atomic E-state index is 11.8. The van der Waals surface area contributed by atoms with Crippen LogP contribution in [0.25, 0.3) is 0 Å². The van der Waals surface area contributed by atoms with Crippen LogP contribution in [0.3, 0.4) is 0 Å². The van der Waals surface area contributed by atoms with Crippen molar-refractivity contribution in [1.29, 1.82) is 0 Å². The summed E-state index contributed by atoms with van der Waals surface area (Å²) in [6.07, 6.45) is 0.826. The van der Waals surface area contributed by atoms with Crippen molar-refractivity contribution in [2.24, 2.45) is 0 Å². The summed E-state index contributed by atoms with van der Waals surface area (Å²) in [5.41, 5.74) is -0.323. The average molecular weight is 309 g/mol. The van der Waals surface area contributed by atoms with E-state index in [0.717, 1.165) is 12.1 Å². The van der Waals surface area contributed by atoms with E-state index in [1.54, 1.807) is 26.0 Å². The first-order valence-corrected chi connectivity index (χ1v) is 7.57. The Morgan fingerprint density at radius 2 is 2.29 bits per heavy atom. The second-order valence-corrected chi connectivity index (χ2v) is 5.85. The van der Waals surface area contributed by atoms with Crippen molar-refractivity contribution in [3.63, 3.8) is 0 Å². The van der Waals surface area contributed by atoms with Crippen LogP contribution in [0.2, 0.25) is 0 Å². The van der Waals surface area contributed by atoms with Crippen LogP contribution in [-0.4, -0.2) is 22.7 Å². The van der Waals surface area contributed by atoms with Crippen molar-refractivity contribution in [3.05, 3.63) is 34.7 Å². The third-order valence-corrected chi connectivity index (χ3v) is 3.81. The number of furan rings is 1. The highest BCUT2D eigenvalue weighted by Gasteiger charge is 2.27. The Bertz CT molecular complexity index is 619. The highest BCUT2D eigenvalue weighted by molar-refractivity contribution is 7.13. The number of anilines is 1. The maximum absolute atomic E-state index is 11.8. The topological polar surface area (TPSA) is 87.4 Å². The van der Waals surface area contributed by atoms with E-state index in [0.29, 0.717) is 16.7 Å². The van der Waals surface area contributed by atoms with Crippen molar-refractivity contribution in [1.82, 2.24) is 10.3 Å². The van der Waals surface area contributed by atoms with Gasteiger partial charge in [0.2, 0.25) is 0 Å². The van der Waals surface area contributed by atoms with Gasteiger partial charge in [-0.2, -0.15) is 0 Å². The number of aryl methyl sites for hydroxylation is 2. The normalized spacial score (nSPS) is 13.7. The van der Waals surface area contributed by atoms with E-state index in [1.165, 1.54) is 11.3 Å². The summed E-state index contributed by atoms with van der Waals surface area (Å²) in [4.78, 5) is 16.0. The molecule has 21 heavy (non-hydrogen) atoms. The second-order valence-electron chi connectivity index (χ2n) is 4.99. The van der Waals surface area contributed by atoms with Crippen molar-refractivity contribution >= 4 is 22.5 Å². The molecule has 114 valence electrons. The molecule has 0 saturated carbocycles. The Kier molecular flexibility index (Phi) is 4.64. The van der Waals surface area contributed by atoms with Crippen molar-refractivity contribution in [3.8, 4) is 0 Å². The van der Waals surface area contributed by atoms with E-state index in [2.05, 4.69) is 15.6 Å². The van der Waals surface area contributed by atoms with Gasteiger partial charge in [0.1, 0.15) is 17.1 Å². The molecule has 1 unspecified atom stereocenters. The predicted molar refractivity (Wildman–Crippen MR) is 81.5 cm³/mol. The smallest absolute Gasteiger partial charge is 0.321 e. The number of carbonyl (C=O) groups is 1. The van der Waals surface area contributed by atoms with E-state index in [-0.39, 0.29) is 6.54 Å². The molecule has 7 heteroatoms. The van der Waals surface area contributed by atoms with E-state index < -0.39 is 11.6 Å². The lowest BCUT2D eigenvalue weighted by Crippen LogP contribution is -2.40. The molecule has 2 aromatic heterocycles. The summed E-state index contributed by atoms with van der Waals surface area (Å²) in [7, 11) is 0. The fourth-order valence-corrected chi connectivity index (χ4v) is 2.52. The summed E-state index contributed by atoms with van der Waals surface area (Å²) in [6.45, 7) is 5.43. The van der Waals surface area contributed by atoms with Crippen LogP contribution in [0.4, 0.5) is 9.93 Å². The monoisotopic (exact) mass is 309 g/mol. The van der Waals surface area contributed by atoms with Gasteiger partial charge in [0.25, 0.3) is 0 Å². The fourth-order valence-electron chi connectivity index (χ4n) is 1.73. The minimum atomic E-state index is -1.26. The van der Waals surface area contributed by atoms with Crippen LogP contribution in [0.5, 0.6) is 0 Å². The van der Waals surface area contributed by atoms with Gasteiger partial charge in [0.15, 0.2) is 5.13 Å². The van der Waals surface area contributed by atoms with Crippen LogP contribution in [-0.2, 0) is 12.0 Å². The van der Waals surface area contributed by atoms with Gasteiger partial charge in [-0.3, -0.25) is 5.32 Å². The fraction of sp³-hybridized carbons (Fsp3) is 0.429. The number of urea groups is 1. The molecule has 1 atom stereocenters. The molecule has 0 bridgehead atoms. The summed E-state index contributed by atoms with van der Waals surface area (Å²) in [6, 6.07) is 3.06. The largest absolute Gasteiger partial charge is 0.463 e. The SMILES string of the molecule is CCc1csc(NC(=O)NCC(C)(O)c2ccc(C)o2)n1. The number of aromatic nitrogens is 1. The molecule has 6 nitrogen and oxygen atoms in total. The zero-order valence-corrected chi connectivity index (χ0v) is 13.1. The van der Waals surface area contributed by atoms with E-state index >= 15 is 0 Å². The lowest BCUT2D eigenvalue weighted by Gasteiger charge is -2.21. The molecule has 2 aromatic rings. The first kappa shape index (κ1) is 15.5. The Balaban J connectivity index is 1.88. The molecular weight excluding hydrogens is 290 g/mol. The maximum Gasteiger partial charge on any atom is 0.321 e. The standard InChI is InChI=1S/C14H19N3O3S/c1-4-10-7-21-13(16-10)17-12(18)15-8-14(3,19)11-6-5-9(2)20-11/h5-7,19H,4,8H2,1-3H3,(H2,15,16,17,18). The molecular formula is C14H19N3O3S. The zero-order valence-electron chi connectivity index (χ0n) is 12.3. The van der Waals surface area contributed by atoms with Gasteiger partial charge in [0.05, 0.1) is 12.2 Å². The average Bonchev–Trinajstić information content (AvgIpc) is 3.06. The molecule has 0 aliphatic rings.